The first-order chi connectivity index (χ1) is 10.6. The molecule has 1 atom stereocenters. The Bertz CT molecular complexity index is 612. The van der Waals surface area contributed by atoms with Crippen molar-refractivity contribution in [2.75, 3.05) is 13.1 Å². The number of carbonyl (C=O) groups excluding carboxylic acids is 1. The van der Waals surface area contributed by atoms with Gasteiger partial charge in [-0.2, -0.15) is 5.10 Å². The number of hydrogen-bond donors (Lipinski definition) is 2. The van der Waals surface area contributed by atoms with Crippen LogP contribution in [-0.2, 0) is 7.05 Å². The van der Waals surface area contributed by atoms with Crippen LogP contribution in [0.4, 0.5) is 4.79 Å². The minimum atomic E-state index is -0.0407. The van der Waals surface area contributed by atoms with E-state index in [1.54, 1.807) is 12.4 Å². The molecular formula is C15H22N6O. The standard InChI is InChI=1S/C15H22N6O/c1-11(13-7-17-18-8-13)19-15(22)21-5-3-12(4-6-21)14-9-16-10-20(14)2/h7-12H,3-6H2,1-2H3,(H,17,18)(H,19,22). The molecule has 1 aliphatic rings. The summed E-state index contributed by atoms with van der Waals surface area (Å²) in [6.07, 6.45) is 9.27. The van der Waals surface area contributed by atoms with Gasteiger partial charge in [-0.1, -0.05) is 0 Å². The number of rotatable bonds is 3. The maximum atomic E-state index is 12.3. The molecule has 3 heterocycles. The van der Waals surface area contributed by atoms with Crippen molar-refractivity contribution in [1.29, 1.82) is 0 Å². The fourth-order valence-corrected chi connectivity index (χ4v) is 3.00. The van der Waals surface area contributed by atoms with Gasteiger partial charge in [-0.3, -0.25) is 5.10 Å². The second-order valence-corrected chi connectivity index (χ2v) is 5.89. The van der Waals surface area contributed by atoms with E-state index in [-0.39, 0.29) is 12.1 Å². The molecule has 0 radical (unpaired) electrons. The van der Waals surface area contributed by atoms with Crippen LogP contribution in [0, 0.1) is 0 Å². The number of aromatic nitrogens is 4. The average molecular weight is 302 g/mol. The molecule has 7 heteroatoms. The van der Waals surface area contributed by atoms with Crippen LogP contribution in [0.1, 0.15) is 43.0 Å². The Hall–Kier alpha value is -2.31. The molecule has 2 N–H and O–H groups in total. The predicted molar refractivity (Wildman–Crippen MR) is 82.3 cm³/mol. The third-order valence-electron chi connectivity index (χ3n) is 4.41. The highest BCUT2D eigenvalue weighted by atomic mass is 16.2. The highest BCUT2D eigenvalue weighted by molar-refractivity contribution is 5.74. The van der Waals surface area contributed by atoms with Crippen LogP contribution >= 0.6 is 0 Å². The zero-order valence-corrected chi connectivity index (χ0v) is 13.0. The van der Waals surface area contributed by atoms with Gasteiger partial charge < -0.3 is 14.8 Å². The average Bonchev–Trinajstić information content (AvgIpc) is 3.18. The maximum Gasteiger partial charge on any atom is 0.317 e. The zero-order chi connectivity index (χ0) is 15.5. The number of aromatic amines is 1. The number of nitrogens with one attached hydrogen (secondary N) is 2. The monoisotopic (exact) mass is 302 g/mol. The lowest BCUT2D eigenvalue weighted by Crippen LogP contribution is -2.44. The smallest absolute Gasteiger partial charge is 0.317 e. The molecule has 2 aromatic rings. The molecule has 1 saturated heterocycles. The van der Waals surface area contributed by atoms with Crippen LogP contribution in [0.2, 0.25) is 0 Å². The summed E-state index contributed by atoms with van der Waals surface area (Å²) in [5, 5.41) is 9.70. The van der Waals surface area contributed by atoms with Gasteiger partial charge in [0, 0.05) is 49.7 Å². The van der Waals surface area contributed by atoms with E-state index < -0.39 is 0 Å². The van der Waals surface area contributed by atoms with E-state index in [1.165, 1.54) is 5.69 Å². The topological polar surface area (TPSA) is 78.8 Å². The summed E-state index contributed by atoms with van der Waals surface area (Å²) in [7, 11) is 2.02. The number of urea groups is 1. The lowest BCUT2D eigenvalue weighted by atomic mass is 9.94. The molecule has 1 fully saturated rings. The highest BCUT2D eigenvalue weighted by Crippen LogP contribution is 2.27. The lowest BCUT2D eigenvalue weighted by Gasteiger charge is -2.32. The van der Waals surface area contributed by atoms with Crippen molar-refractivity contribution < 1.29 is 4.79 Å². The van der Waals surface area contributed by atoms with Gasteiger partial charge in [-0.05, 0) is 19.8 Å². The molecule has 3 rings (SSSR count). The van der Waals surface area contributed by atoms with Crippen LogP contribution in [0.15, 0.2) is 24.9 Å². The first-order valence-electron chi connectivity index (χ1n) is 7.65. The van der Waals surface area contributed by atoms with Gasteiger partial charge in [-0.15, -0.1) is 0 Å². The second-order valence-electron chi connectivity index (χ2n) is 5.89. The van der Waals surface area contributed by atoms with Crippen LogP contribution in [-0.4, -0.2) is 43.8 Å². The molecule has 0 spiro atoms. The summed E-state index contributed by atoms with van der Waals surface area (Å²) in [5.74, 6) is 0.489. The number of aryl methyl sites for hydroxylation is 1. The lowest BCUT2D eigenvalue weighted by molar-refractivity contribution is 0.177. The van der Waals surface area contributed by atoms with Gasteiger partial charge in [0.15, 0.2) is 0 Å². The molecule has 0 aliphatic carbocycles. The van der Waals surface area contributed by atoms with Crippen LogP contribution in [0.25, 0.3) is 0 Å². The Balaban J connectivity index is 1.53. The molecule has 2 aromatic heterocycles. The van der Waals surface area contributed by atoms with E-state index in [2.05, 4.69) is 25.1 Å². The number of carbonyl (C=O) groups is 1. The van der Waals surface area contributed by atoms with Gasteiger partial charge in [-0.25, -0.2) is 9.78 Å². The molecule has 7 nitrogen and oxygen atoms in total. The third kappa shape index (κ3) is 2.98. The van der Waals surface area contributed by atoms with Crippen molar-refractivity contribution in [3.63, 3.8) is 0 Å². The minimum absolute atomic E-state index is 0.00263. The molecule has 0 saturated carbocycles. The number of amides is 2. The first kappa shape index (κ1) is 14.6. The Morgan fingerprint density at radius 3 is 2.77 bits per heavy atom. The molecule has 0 bridgehead atoms. The summed E-state index contributed by atoms with van der Waals surface area (Å²) in [5.41, 5.74) is 2.24. The number of H-pyrrole nitrogens is 1. The zero-order valence-electron chi connectivity index (χ0n) is 13.0. The van der Waals surface area contributed by atoms with Gasteiger partial charge in [0.2, 0.25) is 0 Å². The third-order valence-corrected chi connectivity index (χ3v) is 4.41. The Morgan fingerprint density at radius 2 is 2.18 bits per heavy atom. The molecule has 22 heavy (non-hydrogen) atoms. The Morgan fingerprint density at radius 1 is 1.41 bits per heavy atom. The molecule has 118 valence electrons. The number of hydrogen-bond acceptors (Lipinski definition) is 3. The second kappa shape index (κ2) is 6.21. The fraction of sp³-hybridized carbons (Fsp3) is 0.533. The molecule has 2 amide bonds. The number of nitrogens with zero attached hydrogens (tertiary/aromatic N) is 4. The van der Waals surface area contributed by atoms with Gasteiger partial charge in [0.05, 0.1) is 18.6 Å². The van der Waals surface area contributed by atoms with Crippen molar-refractivity contribution >= 4 is 6.03 Å². The van der Waals surface area contributed by atoms with Crippen molar-refractivity contribution in [3.05, 3.63) is 36.2 Å². The number of imidazole rings is 1. The quantitative estimate of drug-likeness (QED) is 0.907. The van der Waals surface area contributed by atoms with Crippen molar-refractivity contribution in [2.45, 2.75) is 31.7 Å². The first-order valence-corrected chi connectivity index (χ1v) is 7.65. The molecule has 1 unspecified atom stereocenters. The van der Waals surface area contributed by atoms with Crippen LogP contribution < -0.4 is 5.32 Å². The van der Waals surface area contributed by atoms with Gasteiger partial charge in [0.25, 0.3) is 0 Å². The largest absolute Gasteiger partial charge is 0.337 e. The molecule has 0 aromatic carbocycles. The summed E-state index contributed by atoms with van der Waals surface area (Å²) >= 11 is 0. The van der Waals surface area contributed by atoms with Crippen LogP contribution in [0.5, 0.6) is 0 Å². The summed E-state index contributed by atoms with van der Waals surface area (Å²) in [6.45, 7) is 3.52. The summed E-state index contributed by atoms with van der Waals surface area (Å²) in [6, 6.07) is -0.0433. The Kier molecular flexibility index (Phi) is 4.13. The maximum absolute atomic E-state index is 12.3. The highest BCUT2D eigenvalue weighted by Gasteiger charge is 2.26. The van der Waals surface area contributed by atoms with E-state index in [4.69, 9.17) is 0 Å². The summed E-state index contributed by atoms with van der Waals surface area (Å²) in [4.78, 5) is 18.4. The predicted octanol–water partition coefficient (Wildman–Crippen LogP) is 1.79. The fourth-order valence-electron chi connectivity index (χ4n) is 3.00. The van der Waals surface area contributed by atoms with Crippen molar-refractivity contribution in [3.8, 4) is 0 Å². The molecule has 1 aliphatic heterocycles. The Labute approximate surface area is 129 Å². The van der Waals surface area contributed by atoms with Crippen LogP contribution in [0.3, 0.4) is 0 Å². The van der Waals surface area contributed by atoms with E-state index in [1.807, 2.05) is 31.4 Å². The summed E-state index contributed by atoms with van der Waals surface area (Å²) < 4.78 is 2.07. The van der Waals surface area contributed by atoms with Gasteiger partial charge in [0.1, 0.15) is 0 Å². The normalized spacial score (nSPS) is 17.5. The SMILES string of the molecule is CC(NC(=O)N1CCC(c2cncn2C)CC1)c1cn[nH]c1. The number of likely N-dealkylation sites (tertiary alicyclic amines) is 1. The van der Waals surface area contributed by atoms with E-state index >= 15 is 0 Å². The number of piperidine rings is 1. The van der Waals surface area contributed by atoms with Crippen molar-refractivity contribution in [2.24, 2.45) is 7.05 Å². The van der Waals surface area contributed by atoms with E-state index in [0.29, 0.717) is 5.92 Å². The van der Waals surface area contributed by atoms with E-state index in [0.717, 1.165) is 31.5 Å². The minimum Gasteiger partial charge on any atom is -0.337 e. The molecular weight excluding hydrogens is 280 g/mol. The van der Waals surface area contributed by atoms with Gasteiger partial charge >= 0.3 is 6.03 Å². The van der Waals surface area contributed by atoms with E-state index in [9.17, 15) is 4.79 Å². The van der Waals surface area contributed by atoms with Crippen molar-refractivity contribution in [1.82, 2.24) is 30.0 Å².